The van der Waals surface area contributed by atoms with Gasteiger partial charge < -0.3 is 4.90 Å². The molecule has 2 aromatic rings. The van der Waals surface area contributed by atoms with E-state index >= 15 is 0 Å². The van der Waals surface area contributed by atoms with E-state index in [0.29, 0.717) is 23.6 Å². The van der Waals surface area contributed by atoms with E-state index < -0.39 is 11.7 Å². The van der Waals surface area contributed by atoms with Crippen molar-refractivity contribution in [2.75, 3.05) is 13.1 Å². The molecule has 0 aliphatic carbocycles. The topological polar surface area (TPSA) is 37.6 Å². The second kappa shape index (κ2) is 8.53. The molecule has 0 N–H and O–H groups in total. The highest BCUT2D eigenvalue weighted by atomic mass is 32.1. The molecule has 0 unspecified atom stereocenters. The zero-order valence-electron chi connectivity index (χ0n) is 15.0. The number of nitrogens with zero attached hydrogens (tertiary/aromatic N) is 3. The third-order valence-electron chi connectivity index (χ3n) is 3.87. The maximum absolute atomic E-state index is 12.7. The number of unbranched alkanes of at least 4 members (excludes halogenated alkanes) is 1. The molecule has 1 heterocycles. The Bertz CT molecular complexity index is 806. The number of hydrogen-bond donors (Lipinski definition) is 0. The molecule has 142 valence electrons. The third-order valence-corrected chi connectivity index (χ3v) is 4.77. The largest absolute Gasteiger partial charge is 0.416 e. The van der Waals surface area contributed by atoms with E-state index in [2.05, 4.69) is 11.9 Å². The van der Waals surface area contributed by atoms with Crippen molar-refractivity contribution >= 4 is 17.4 Å². The van der Waals surface area contributed by atoms with Crippen LogP contribution in [0, 0.1) is 6.92 Å². The Hall–Kier alpha value is -2.09. The number of urea groups is 1. The molecule has 0 bridgehead atoms. The zero-order chi connectivity index (χ0) is 19.3. The lowest BCUT2D eigenvalue weighted by Gasteiger charge is -2.17. The van der Waals surface area contributed by atoms with Gasteiger partial charge in [0.05, 0.1) is 5.56 Å². The Morgan fingerprint density at radius 2 is 1.88 bits per heavy atom. The summed E-state index contributed by atoms with van der Waals surface area (Å²) in [5.74, 6) is 0. The third kappa shape index (κ3) is 4.97. The first-order valence-electron chi connectivity index (χ1n) is 8.46. The van der Waals surface area contributed by atoms with E-state index in [0.717, 1.165) is 29.9 Å². The monoisotopic (exact) mass is 385 g/mol. The predicted molar refractivity (Wildman–Crippen MR) is 96.5 cm³/mol. The normalized spacial score (nSPS) is 12.5. The number of alkyl halides is 3. The van der Waals surface area contributed by atoms with Crippen LogP contribution in [0.25, 0.3) is 5.69 Å². The molecule has 1 aromatic carbocycles. The fourth-order valence-corrected chi connectivity index (χ4v) is 3.25. The average Bonchev–Trinajstić information content (AvgIpc) is 2.95. The van der Waals surface area contributed by atoms with Crippen LogP contribution in [0.3, 0.4) is 0 Å². The molecular formula is C18H22F3N3OS. The van der Waals surface area contributed by atoms with Crippen LogP contribution in [0.1, 0.15) is 37.1 Å². The van der Waals surface area contributed by atoms with Crippen molar-refractivity contribution in [1.82, 2.24) is 9.47 Å². The lowest BCUT2D eigenvalue weighted by Crippen LogP contribution is -2.31. The molecule has 0 aliphatic heterocycles. The van der Waals surface area contributed by atoms with Crippen molar-refractivity contribution in [2.24, 2.45) is 4.99 Å². The van der Waals surface area contributed by atoms with E-state index in [1.807, 2.05) is 13.8 Å². The van der Waals surface area contributed by atoms with Crippen LogP contribution in [0.5, 0.6) is 0 Å². The van der Waals surface area contributed by atoms with Gasteiger partial charge in [-0.1, -0.05) is 13.3 Å². The maximum Gasteiger partial charge on any atom is 0.416 e. The summed E-state index contributed by atoms with van der Waals surface area (Å²) in [6.07, 6.45) is -0.732. The van der Waals surface area contributed by atoms with Gasteiger partial charge in [0.2, 0.25) is 0 Å². The summed E-state index contributed by atoms with van der Waals surface area (Å²) in [6.45, 7) is 7.01. The SMILES string of the molecule is CCCCN(CC)C(=O)N=c1sc(C)cn1-c1ccc(C(F)(F)F)cc1. The fraction of sp³-hybridized carbons (Fsp3) is 0.444. The highest BCUT2D eigenvalue weighted by Gasteiger charge is 2.30. The molecule has 1 aromatic heterocycles. The first-order valence-corrected chi connectivity index (χ1v) is 9.28. The summed E-state index contributed by atoms with van der Waals surface area (Å²) in [4.78, 5) is 19.6. The second-order valence-corrected chi connectivity index (χ2v) is 7.08. The minimum absolute atomic E-state index is 0.330. The van der Waals surface area contributed by atoms with E-state index in [4.69, 9.17) is 0 Å². The molecular weight excluding hydrogens is 363 g/mol. The minimum Gasteiger partial charge on any atom is -0.323 e. The van der Waals surface area contributed by atoms with Crippen LogP contribution in [0.15, 0.2) is 35.5 Å². The van der Waals surface area contributed by atoms with Crippen molar-refractivity contribution in [1.29, 1.82) is 0 Å². The summed E-state index contributed by atoms with van der Waals surface area (Å²) in [6, 6.07) is 4.49. The quantitative estimate of drug-likeness (QED) is 0.713. The molecule has 0 aliphatic rings. The van der Waals surface area contributed by atoms with Gasteiger partial charge in [-0.2, -0.15) is 18.2 Å². The van der Waals surface area contributed by atoms with Gasteiger partial charge in [-0.05, 0) is 44.5 Å². The molecule has 4 nitrogen and oxygen atoms in total. The van der Waals surface area contributed by atoms with Crippen LogP contribution < -0.4 is 4.80 Å². The lowest BCUT2D eigenvalue weighted by atomic mass is 10.2. The molecule has 0 fully saturated rings. The van der Waals surface area contributed by atoms with Gasteiger partial charge in [-0.15, -0.1) is 11.3 Å². The first kappa shape index (κ1) is 20.2. The van der Waals surface area contributed by atoms with Crippen molar-refractivity contribution < 1.29 is 18.0 Å². The Morgan fingerprint density at radius 3 is 2.42 bits per heavy atom. The summed E-state index contributed by atoms with van der Waals surface area (Å²) < 4.78 is 39.8. The van der Waals surface area contributed by atoms with Gasteiger partial charge in [0, 0.05) is 29.9 Å². The van der Waals surface area contributed by atoms with Gasteiger partial charge in [-0.3, -0.25) is 4.57 Å². The number of carbonyl (C=O) groups excluding carboxylic acids is 1. The van der Waals surface area contributed by atoms with E-state index in [-0.39, 0.29) is 6.03 Å². The Balaban J connectivity index is 2.36. The number of hydrogen-bond acceptors (Lipinski definition) is 2. The number of amides is 2. The predicted octanol–water partition coefficient (Wildman–Crippen LogP) is 5.01. The summed E-state index contributed by atoms with van der Waals surface area (Å²) in [7, 11) is 0. The van der Waals surface area contributed by atoms with Crippen LogP contribution in [-0.2, 0) is 6.18 Å². The molecule has 2 rings (SSSR count). The van der Waals surface area contributed by atoms with Gasteiger partial charge in [-0.25, -0.2) is 4.79 Å². The van der Waals surface area contributed by atoms with E-state index in [1.165, 1.54) is 23.5 Å². The molecule has 0 atom stereocenters. The van der Waals surface area contributed by atoms with Crippen LogP contribution in [0.4, 0.5) is 18.0 Å². The van der Waals surface area contributed by atoms with Gasteiger partial charge >= 0.3 is 12.2 Å². The number of benzene rings is 1. The number of thiazole rings is 1. The Kier molecular flexibility index (Phi) is 6.63. The summed E-state index contributed by atoms with van der Waals surface area (Å²) in [5.41, 5.74) is -0.175. The standard InChI is InChI=1S/C18H22F3N3OS/c1-4-6-11-23(5-2)16(25)22-17-24(12-13(3)26-17)15-9-7-14(8-10-15)18(19,20)21/h7-10,12H,4-6,11H2,1-3H3. The second-order valence-electron chi connectivity index (χ2n) is 5.87. The lowest BCUT2D eigenvalue weighted by molar-refractivity contribution is -0.137. The fourth-order valence-electron chi connectivity index (χ4n) is 2.42. The molecule has 2 amide bonds. The zero-order valence-corrected chi connectivity index (χ0v) is 15.8. The molecule has 0 radical (unpaired) electrons. The van der Waals surface area contributed by atoms with E-state index in [9.17, 15) is 18.0 Å². The smallest absolute Gasteiger partial charge is 0.323 e. The summed E-state index contributed by atoms with van der Waals surface area (Å²) >= 11 is 1.33. The van der Waals surface area contributed by atoms with Crippen LogP contribution in [0.2, 0.25) is 0 Å². The summed E-state index contributed by atoms with van der Waals surface area (Å²) in [5, 5.41) is 0. The van der Waals surface area contributed by atoms with Crippen LogP contribution in [-0.4, -0.2) is 28.6 Å². The minimum atomic E-state index is -4.38. The molecule has 0 saturated carbocycles. The molecule has 26 heavy (non-hydrogen) atoms. The Labute approximate surface area is 154 Å². The van der Waals surface area contributed by atoms with Crippen molar-refractivity contribution in [3.63, 3.8) is 0 Å². The van der Waals surface area contributed by atoms with Crippen molar-refractivity contribution in [3.05, 3.63) is 45.7 Å². The van der Waals surface area contributed by atoms with Crippen LogP contribution >= 0.6 is 11.3 Å². The Morgan fingerprint density at radius 1 is 1.23 bits per heavy atom. The highest BCUT2D eigenvalue weighted by molar-refractivity contribution is 7.09. The first-order chi connectivity index (χ1) is 12.3. The van der Waals surface area contributed by atoms with Crippen molar-refractivity contribution in [2.45, 2.75) is 39.8 Å². The molecule has 0 saturated heterocycles. The van der Waals surface area contributed by atoms with Gasteiger partial charge in [0.15, 0.2) is 4.80 Å². The number of aromatic nitrogens is 1. The van der Waals surface area contributed by atoms with E-state index in [1.54, 1.807) is 15.7 Å². The van der Waals surface area contributed by atoms with Crippen molar-refractivity contribution in [3.8, 4) is 5.69 Å². The number of carbonyl (C=O) groups is 1. The molecule has 0 spiro atoms. The number of halogens is 3. The number of aryl methyl sites for hydroxylation is 1. The molecule has 8 heteroatoms. The van der Waals surface area contributed by atoms with Gasteiger partial charge in [0.1, 0.15) is 0 Å². The number of rotatable bonds is 5. The van der Waals surface area contributed by atoms with Gasteiger partial charge in [0.25, 0.3) is 0 Å². The highest BCUT2D eigenvalue weighted by Crippen LogP contribution is 2.29. The average molecular weight is 385 g/mol. The maximum atomic E-state index is 12.7.